The molecule has 3 aromatic heterocycles. The number of carbonyl (C=O) groups excluding carboxylic acids is 2. The first kappa shape index (κ1) is 38.7. The second-order valence-corrected chi connectivity index (χ2v) is 15.2. The quantitative estimate of drug-likeness (QED) is 0.209. The number of benzene rings is 2. The topological polar surface area (TPSA) is 160 Å². The van der Waals surface area contributed by atoms with Gasteiger partial charge < -0.3 is 29.5 Å². The first-order valence-corrected chi connectivity index (χ1v) is 18.3. The van der Waals surface area contributed by atoms with E-state index in [0.29, 0.717) is 11.3 Å². The number of fused-ring (bicyclic) bond motifs is 2. The molecule has 5 heterocycles. The third kappa shape index (κ3) is 6.82. The molecule has 2 aliphatic rings. The number of hydrogen-bond donors (Lipinski definition) is 2. The third-order valence-electron chi connectivity index (χ3n) is 10.2. The van der Waals surface area contributed by atoms with Crippen molar-refractivity contribution in [2.24, 2.45) is 0 Å². The first-order chi connectivity index (χ1) is 26.3. The maximum atomic E-state index is 14.5. The van der Waals surface area contributed by atoms with Gasteiger partial charge in [-0.25, -0.2) is 9.97 Å². The fourth-order valence-electron chi connectivity index (χ4n) is 7.54. The van der Waals surface area contributed by atoms with E-state index in [4.69, 9.17) is 21.3 Å². The van der Waals surface area contributed by atoms with Crippen molar-refractivity contribution in [3.63, 3.8) is 0 Å². The van der Waals surface area contributed by atoms with E-state index < -0.39 is 46.9 Å². The standard InChI is InChI=1S/C38H39ClF3N9O5/c1-7-27-30(48-12-14-49(15-13-48)33(54)29-31(53)20(2)43-19-44-29)34(55)51-35(50(27)18-28(52)45-26-11-9-22(17-25(26)39)38(40,41)42)46-32(47-51)21-8-10-23-24(16-21)37(5,6)56-36(23,3)4/h8-11,16-17,19,53H,7,12-15,18H2,1-6H3,(H,45,52). The Morgan fingerprint density at radius 1 is 1.00 bits per heavy atom. The lowest BCUT2D eigenvalue weighted by Crippen LogP contribution is -2.51. The first-order valence-electron chi connectivity index (χ1n) is 17.9. The van der Waals surface area contributed by atoms with E-state index in [1.54, 1.807) is 11.5 Å². The molecule has 18 heteroatoms. The summed E-state index contributed by atoms with van der Waals surface area (Å²) in [6.07, 6.45) is -3.15. The highest BCUT2D eigenvalue weighted by molar-refractivity contribution is 6.33. The number of amides is 2. The lowest BCUT2D eigenvalue weighted by molar-refractivity contribution is -0.137. The van der Waals surface area contributed by atoms with Gasteiger partial charge in [0.05, 0.1) is 38.9 Å². The van der Waals surface area contributed by atoms with E-state index >= 15 is 0 Å². The Labute approximate surface area is 323 Å². The van der Waals surface area contributed by atoms with Crippen molar-refractivity contribution in [3.05, 3.63) is 91.9 Å². The number of carbonyl (C=O) groups is 2. The van der Waals surface area contributed by atoms with Crippen LogP contribution in [0.1, 0.15) is 73.2 Å². The van der Waals surface area contributed by atoms with Gasteiger partial charge in [-0.05, 0) is 76.4 Å². The van der Waals surface area contributed by atoms with Gasteiger partial charge in [-0.3, -0.25) is 14.4 Å². The molecule has 14 nitrogen and oxygen atoms in total. The Balaban J connectivity index is 1.28. The Kier molecular flexibility index (Phi) is 9.60. The molecule has 1 saturated heterocycles. The molecule has 0 atom stereocenters. The summed E-state index contributed by atoms with van der Waals surface area (Å²) in [5.41, 5.74) is 0.755. The smallest absolute Gasteiger partial charge is 0.416 e. The highest BCUT2D eigenvalue weighted by Gasteiger charge is 2.43. The predicted octanol–water partition coefficient (Wildman–Crippen LogP) is 5.70. The van der Waals surface area contributed by atoms with Gasteiger partial charge in [0.1, 0.15) is 18.6 Å². The van der Waals surface area contributed by atoms with Gasteiger partial charge in [-0.2, -0.15) is 22.7 Å². The zero-order chi connectivity index (χ0) is 40.5. The molecule has 2 aromatic carbocycles. The molecule has 294 valence electrons. The Bertz CT molecular complexity index is 2470. The van der Waals surface area contributed by atoms with Crippen molar-refractivity contribution in [1.29, 1.82) is 0 Å². The molecule has 0 aliphatic carbocycles. The number of aromatic nitrogens is 6. The van der Waals surface area contributed by atoms with Crippen molar-refractivity contribution >= 4 is 40.6 Å². The summed E-state index contributed by atoms with van der Waals surface area (Å²) in [5, 5.41) is 17.4. The second kappa shape index (κ2) is 13.9. The molecule has 2 amide bonds. The van der Waals surface area contributed by atoms with E-state index in [-0.39, 0.29) is 77.7 Å². The lowest BCUT2D eigenvalue weighted by Gasteiger charge is -2.36. The number of nitrogens with one attached hydrogen (secondary N) is 1. The van der Waals surface area contributed by atoms with E-state index in [0.717, 1.165) is 33.8 Å². The van der Waals surface area contributed by atoms with Crippen molar-refractivity contribution in [2.75, 3.05) is 36.4 Å². The minimum atomic E-state index is -4.63. The van der Waals surface area contributed by atoms with Crippen LogP contribution in [0.4, 0.5) is 24.5 Å². The Hall–Kier alpha value is -5.55. The number of hydrogen-bond acceptors (Lipinski definition) is 10. The molecule has 0 radical (unpaired) electrons. The third-order valence-corrected chi connectivity index (χ3v) is 10.5. The summed E-state index contributed by atoms with van der Waals surface area (Å²) in [6, 6.07) is 8.36. The van der Waals surface area contributed by atoms with Gasteiger partial charge >= 0.3 is 6.18 Å². The number of anilines is 2. The molecule has 0 spiro atoms. The molecule has 7 rings (SSSR count). The van der Waals surface area contributed by atoms with E-state index in [2.05, 4.69) is 20.4 Å². The van der Waals surface area contributed by atoms with Crippen LogP contribution in [0, 0.1) is 6.92 Å². The number of nitrogens with zero attached hydrogens (tertiary/aromatic N) is 8. The van der Waals surface area contributed by atoms with Crippen molar-refractivity contribution in [3.8, 4) is 17.1 Å². The minimum absolute atomic E-state index is 0.0289. The summed E-state index contributed by atoms with van der Waals surface area (Å²) in [6.45, 7) is 11.7. The van der Waals surface area contributed by atoms with E-state index in [1.807, 2.05) is 57.7 Å². The fourth-order valence-corrected chi connectivity index (χ4v) is 7.77. The molecular formula is C38H39ClF3N9O5. The SMILES string of the molecule is CCc1c(N2CCN(C(=O)c3ncnc(C)c3O)CC2)c(=O)n2nc(-c3ccc4c(c3)C(C)(C)OC4(C)C)nc2n1CC(=O)Nc1ccc(C(F)(F)F)cc1Cl. The summed E-state index contributed by atoms with van der Waals surface area (Å²) in [4.78, 5) is 57.5. The van der Waals surface area contributed by atoms with Crippen LogP contribution in [-0.2, 0) is 39.9 Å². The van der Waals surface area contributed by atoms with Crippen molar-refractivity contribution < 1.29 is 32.6 Å². The monoisotopic (exact) mass is 793 g/mol. The molecule has 56 heavy (non-hydrogen) atoms. The molecule has 2 N–H and O–H groups in total. The van der Waals surface area contributed by atoms with Crippen molar-refractivity contribution in [2.45, 2.75) is 71.9 Å². The van der Waals surface area contributed by atoms with Gasteiger partial charge in [-0.1, -0.05) is 30.7 Å². The average Bonchev–Trinajstić information content (AvgIpc) is 3.67. The van der Waals surface area contributed by atoms with E-state index in [9.17, 15) is 32.7 Å². The Morgan fingerprint density at radius 3 is 2.36 bits per heavy atom. The number of aromatic hydroxyl groups is 1. The number of aryl methyl sites for hydroxylation is 1. The highest BCUT2D eigenvalue weighted by Crippen LogP contribution is 2.47. The largest absolute Gasteiger partial charge is 0.504 e. The van der Waals surface area contributed by atoms with Crippen LogP contribution < -0.4 is 15.8 Å². The Morgan fingerprint density at radius 2 is 1.70 bits per heavy atom. The summed E-state index contributed by atoms with van der Waals surface area (Å²) in [7, 11) is 0. The molecule has 0 saturated carbocycles. The molecule has 0 unspecified atom stereocenters. The maximum absolute atomic E-state index is 14.5. The van der Waals surface area contributed by atoms with Crippen LogP contribution in [0.3, 0.4) is 0 Å². The minimum Gasteiger partial charge on any atom is -0.504 e. The van der Waals surface area contributed by atoms with Gasteiger partial charge in [0.15, 0.2) is 17.3 Å². The van der Waals surface area contributed by atoms with Crippen LogP contribution >= 0.6 is 11.6 Å². The van der Waals surface area contributed by atoms with Crippen molar-refractivity contribution in [1.82, 2.24) is 34.0 Å². The normalized spacial score (nSPS) is 16.3. The average molecular weight is 794 g/mol. The maximum Gasteiger partial charge on any atom is 0.416 e. The van der Waals surface area contributed by atoms with Crippen LogP contribution in [0.15, 0.2) is 47.5 Å². The molecule has 0 bridgehead atoms. The van der Waals surface area contributed by atoms with Crippen LogP contribution in [0.25, 0.3) is 17.2 Å². The zero-order valence-corrected chi connectivity index (χ0v) is 32.2. The van der Waals surface area contributed by atoms with Gasteiger partial charge in [-0.15, -0.1) is 5.10 Å². The summed E-state index contributed by atoms with van der Waals surface area (Å²) < 4.78 is 48.9. The molecule has 2 aliphatic heterocycles. The van der Waals surface area contributed by atoms with Crippen LogP contribution in [-0.4, -0.2) is 77.1 Å². The second-order valence-electron chi connectivity index (χ2n) is 14.7. The number of alkyl halides is 3. The van der Waals surface area contributed by atoms with Gasteiger partial charge in [0.2, 0.25) is 11.7 Å². The lowest BCUT2D eigenvalue weighted by atomic mass is 9.89. The van der Waals surface area contributed by atoms with Gasteiger partial charge in [0.25, 0.3) is 11.5 Å². The number of ether oxygens (including phenoxy) is 1. The number of rotatable bonds is 7. The van der Waals surface area contributed by atoms with E-state index in [1.165, 1.54) is 11.2 Å². The zero-order valence-electron chi connectivity index (χ0n) is 31.5. The summed E-state index contributed by atoms with van der Waals surface area (Å²) in [5.74, 6) is -1.14. The van der Waals surface area contributed by atoms with Gasteiger partial charge in [0, 0.05) is 31.7 Å². The number of piperazine rings is 1. The molecular weight excluding hydrogens is 755 g/mol. The molecule has 1 fully saturated rings. The van der Waals surface area contributed by atoms with Crippen LogP contribution in [0.2, 0.25) is 5.02 Å². The number of halogens is 4. The highest BCUT2D eigenvalue weighted by atomic mass is 35.5. The van der Waals surface area contributed by atoms with Crippen LogP contribution in [0.5, 0.6) is 5.75 Å². The summed E-state index contributed by atoms with van der Waals surface area (Å²) >= 11 is 6.17. The fraction of sp³-hybridized carbons (Fsp3) is 0.395. The molecule has 5 aromatic rings. The predicted molar refractivity (Wildman–Crippen MR) is 201 cm³/mol.